The van der Waals surface area contributed by atoms with E-state index in [-0.39, 0.29) is 24.5 Å². The molecule has 6 nitrogen and oxygen atoms in total. The van der Waals surface area contributed by atoms with Gasteiger partial charge in [0, 0.05) is 13.0 Å². The van der Waals surface area contributed by atoms with Crippen LogP contribution in [0.4, 0.5) is 0 Å². The van der Waals surface area contributed by atoms with E-state index in [1.165, 1.54) is 0 Å². The van der Waals surface area contributed by atoms with Gasteiger partial charge in [-0.05, 0) is 31.7 Å². The Bertz CT molecular complexity index is 360. The van der Waals surface area contributed by atoms with E-state index in [1.54, 1.807) is 4.90 Å². The molecule has 1 amide bonds. The average Bonchev–Trinajstić information content (AvgIpc) is 2.87. The van der Waals surface area contributed by atoms with Gasteiger partial charge in [-0.15, -0.1) is 0 Å². The largest absolute Gasteiger partial charge is 0.481 e. The summed E-state index contributed by atoms with van der Waals surface area (Å²) in [5.74, 6) is -0.910. The van der Waals surface area contributed by atoms with Gasteiger partial charge < -0.3 is 20.5 Å². The molecular weight excluding hydrogens is 272 g/mol. The van der Waals surface area contributed by atoms with Gasteiger partial charge in [0.25, 0.3) is 0 Å². The number of carbonyl (C=O) groups excluding carboxylic acids is 1. The molecule has 1 rings (SSSR count). The Morgan fingerprint density at radius 2 is 2.05 bits per heavy atom. The van der Waals surface area contributed by atoms with Crippen LogP contribution in [0.3, 0.4) is 0 Å². The third-order valence-corrected chi connectivity index (χ3v) is 4.03. The van der Waals surface area contributed by atoms with E-state index < -0.39 is 11.9 Å². The lowest BCUT2D eigenvalue weighted by atomic mass is 9.93. The molecule has 1 aliphatic heterocycles. The minimum absolute atomic E-state index is 0.0182. The van der Waals surface area contributed by atoms with Gasteiger partial charge in [0.1, 0.15) is 5.92 Å². The fourth-order valence-corrected chi connectivity index (χ4v) is 2.98. The summed E-state index contributed by atoms with van der Waals surface area (Å²) in [6.45, 7) is 7.53. The van der Waals surface area contributed by atoms with Crippen LogP contribution >= 0.6 is 0 Å². The molecular formula is C15H28N2O4. The SMILES string of the molecule is CCN(C(=O)CC(CN)CC(C)C)C1COCC1C(=O)O. The first kappa shape index (κ1) is 17.9. The zero-order valence-electron chi connectivity index (χ0n) is 13.2. The Morgan fingerprint density at radius 1 is 1.38 bits per heavy atom. The van der Waals surface area contributed by atoms with Gasteiger partial charge in [0.15, 0.2) is 0 Å². The summed E-state index contributed by atoms with van der Waals surface area (Å²) in [6.07, 6.45) is 1.29. The van der Waals surface area contributed by atoms with Gasteiger partial charge in [0.2, 0.25) is 5.91 Å². The lowest BCUT2D eigenvalue weighted by Gasteiger charge is -2.31. The molecule has 1 saturated heterocycles. The van der Waals surface area contributed by atoms with E-state index in [4.69, 9.17) is 10.5 Å². The lowest BCUT2D eigenvalue weighted by molar-refractivity contribution is -0.145. The molecule has 122 valence electrons. The molecule has 3 N–H and O–H groups in total. The minimum Gasteiger partial charge on any atom is -0.481 e. The number of ether oxygens (including phenoxy) is 1. The fourth-order valence-electron chi connectivity index (χ4n) is 2.98. The second-order valence-corrected chi connectivity index (χ2v) is 6.16. The Hall–Kier alpha value is -1.14. The minimum atomic E-state index is -0.902. The zero-order chi connectivity index (χ0) is 16.0. The molecule has 1 heterocycles. The molecule has 0 radical (unpaired) electrons. The van der Waals surface area contributed by atoms with Crippen molar-refractivity contribution < 1.29 is 19.4 Å². The summed E-state index contributed by atoms with van der Waals surface area (Å²) >= 11 is 0. The first-order valence-corrected chi connectivity index (χ1v) is 7.70. The number of aliphatic carboxylic acids is 1. The zero-order valence-corrected chi connectivity index (χ0v) is 13.2. The van der Waals surface area contributed by atoms with Crippen LogP contribution in [-0.4, -0.2) is 54.2 Å². The molecule has 0 bridgehead atoms. The highest BCUT2D eigenvalue weighted by Gasteiger charge is 2.39. The first-order chi connectivity index (χ1) is 9.90. The van der Waals surface area contributed by atoms with Crippen LogP contribution in [0, 0.1) is 17.8 Å². The standard InChI is InChI=1S/C15H28N2O4/c1-4-17(13-9-21-8-12(13)15(19)20)14(18)6-11(7-16)5-10(2)3/h10-13H,4-9,16H2,1-3H3,(H,19,20). The summed E-state index contributed by atoms with van der Waals surface area (Å²) in [4.78, 5) is 25.4. The Labute approximate surface area is 126 Å². The molecule has 3 unspecified atom stereocenters. The summed E-state index contributed by atoms with van der Waals surface area (Å²) in [6, 6.07) is -0.363. The van der Waals surface area contributed by atoms with Crippen LogP contribution in [0.1, 0.15) is 33.6 Å². The maximum absolute atomic E-state index is 12.5. The molecule has 0 saturated carbocycles. The number of amides is 1. The average molecular weight is 300 g/mol. The summed E-state index contributed by atoms with van der Waals surface area (Å²) in [5.41, 5.74) is 5.75. The molecule has 3 atom stereocenters. The van der Waals surface area contributed by atoms with Crippen molar-refractivity contribution in [1.29, 1.82) is 0 Å². The quantitative estimate of drug-likeness (QED) is 0.696. The number of hydrogen-bond acceptors (Lipinski definition) is 4. The van der Waals surface area contributed by atoms with Crippen molar-refractivity contribution in [3.05, 3.63) is 0 Å². The van der Waals surface area contributed by atoms with Crippen molar-refractivity contribution in [2.24, 2.45) is 23.5 Å². The number of carbonyl (C=O) groups is 2. The Balaban J connectivity index is 2.70. The number of carboxylic acid groups (broad SMARTS) is 1. The van der Waals surface area contributed by atoms with Crippen molar-refractivity contribution >= 4 is 11.9 Å². The topological polar surface area (TPSA) is 92.9 Å². The van der Waals surface area contributed by atoms with Crippen molar-refractivity contribution in [1.82, 2.24) is 4.90 Å². The van der Waals surface area contributed by atoms with Gasteiger partial charge in [0.05, 0.1) is 19.3 Å². The number of rotatable bonds is 8. The number of carboxylic acids is 1. The fraction of sp³-hybridized carbons (Fsp3) is 0.867. The van der Waals surface area contributed by atoms with Gasteiger partial charge in [-0.25, -0.2) is 0 Å². The van der Waals surface area contributed by atoms with E-state index in [9.17, 15) is 14.7 Å². The number of nitrogens with two attached hydrogens (primary N) is 1. The molecule has 1 aliphatic rings. The number of likely N-dealkylation sites (N-methyl/N-ethyl adjacent to an activating group) is 1. The highest BCUT2D eigenvalue weighted by molar-refractivity contribution is 5.79. The van der Waals surface area contributed by atoms with Gasteiger partial charge in [-0.1, -0.05) is 13.8 Å². The second-order valence-electron chi connectivity index (χ2n) is 6.16. The molecule has 1 fully saturated rings. The molecule has 0 aliphatic carbocycles. The van der Waals surface area contributed by atoms with Crippen molar-refractivity contribution in [2.45, 2.75) is 39.7 Å². The molecule has 0 aromatic rings. The van der Waals surface area contributed by atoms with Crippen LogP contribution in [0.25, 0.3) is 0 Å². The van der Waals surface area contributed by atoms with Crippen LogP contribution in [0.15, 0.2) is 0 Å². The highest BCUT2D eigenvalue weighted by atomic mass is 16.5. The van der Waals surface area contributed by atoms with E-state index in [0.29, 0.717) is 32.0 Å². The highest BCUT2D eigenvalue weighted by Crippen LogP contribution is 2.23. The van der Waals surface area contributed by atoms with E-state index in [1.807, 2.05) is 6.92 Å². The predicted molar refractivity (Wildman–Crippen MR) is 79.7 cm³/mol. The molecule has 0 aromatic heterocycles. The maximum atomic E-state index is 12.5. The maximum Gasteiger partial charge on any atom is 0.311 e. The van der Waals surface area contributed by atoms with E-state index in [0.717, 1.165) is 6.42 Å². The predicted octanol–water partition coefficient (Wildman–Crippen LogP) is 0.946. The first-order valence-electron chi connectivity index (χ1n) is 7.70. The van der Waals surface area contributed by atoms with Crippen LogP contribution in [0.5, 0.6) is 0 Å². The molecule has 0 spiro atoms. The normalized spacial score (nSPS) is 23.3. The van der Waals surface area contributed by atoms with Crippen LogP contribution in [0.2, 0.25) is 0 Å². The molecule has 21 heavy (non-hydrogen) atoms. The van der Waals surface area contributed by atoms with Gasteiger partial charge >= 0.3 is 5.97 Å². The summed E-state index contributed by atoms with van der Waals surface area (Å²) < 4.78 is 5.26. The van der Waals surface area contributed by atoms with E-state index in [2.05, 4.69) is 13.8 Å². The number of hydrogen-bond donors (Lipinski definition) is 2. The van der Waals surface area contributed by atoms with Crippen molar-refractivity contribution in [2.75, 3.05) is 26.3 Å². The third-order valence-electron chi connectivity index (χ3n) is 4.03. The Kier molecular flexibility index (Phi) is 7.11. The second kappa shape index (κ2) is 8.34. The van der Waals surface area contributed by atoms with Crippen LogP contribution < -0.4 is 5.73 Å². The Morgan fingerprint density at radius 3 is 2.52 bits per heavy atom. The summed E-state index contributed by atoms with van der Waals surface area (Å²) in [7, 11) is 0. The van der Waals surface area contributed by atoms with E-state index >= 15 is 0 Å². The van der Waals surface area contributed by atoms with Gasteiger partial charge in [-0.3, -0.25) is 9.59 Å². The summed E-state index contributed by atoms with van der Waals surface area (Å²) in [5, 5.41) is 9.22. The van der Waals surface area contributed by atoms with Crippen LogP contribution in [-0.2, 0) is 14.3 Å². The van der Waals surface area contributed by atoms with Crippen molar-refractivity contribution in [3.8, 4) is 0 Å². The van der Waals surface area contributed by atoms with Crippen molar-refractivity contribution in [3.63, 3.8) is 0 Å². The number of nitrogens with zero attached hydrogens (tertiary/aromatic N) is 1. The third kappa shape index (κ3) is 4.97. The monoisotopic (exact) mass is 300 g/mol. The molecule has 6 heteroatoms. The molecule has 0 aromatic carbocycles. The smallest absolute Gasteiger partial charge is 0.311 e. The van der Waals surface area contributed by atoms with Gasteiger partial charge in [-0.2, -0.15) is 0 Å². The lowest BCUT2D eigenvalue weighted by Crippen LogP contribution is -2.47.